The van der Waals surface area contributed by atoms with Gasteiger partial charge >= 0.3 is 0 Å². The molecular weight excluding hydrogens is 222 g/mol. The lowest BCUT2D eigenvalue weighted by atomic mass is 9.82. The van der Waals surface area contributed by atoms with Gasteiger partial charge in [-0.3, -0.25) is 4.79 Å². The number of ketones is 1. The predicted octanol–water partition coefficient (Wildman–Crippen LogP) is 2.12. The van der Waals surface area contributed by atoms with Crippen molar-refractivity contribution in [3.63, 3.8) is 0 Å². The fourth-order valence-corrected chi connectivity index (χ4v) is 2.31. The van der Waals surface area contributed by atoms with E-state index in [0.29, 0.717) is 9.21 Å². The van der Waals surface area contributed by atoms with Crippen LogP contribution in [0.25, 0.3) is 0 Å². The minimum absolute atomic E-state index is 0.178. The van der Waals surface area contributed by atoms with E-state index in [1.807, 2.05) is 6.07 Å². The van der Waals surface area contributed by atoms with E-state index in [0.717, 1.165) is 0 Å². The molecule has 1 aliphatic rings. The standard InChI is InChI=1S/C9H6ClNO2S/c10-7-2-1-6(14-7)8(12)9(3-11)4-13-5-9/h1-2H,4-5H2. The van der Waals surface area contributed by atoms with Crippen LogP contribution < -0.4 is 0 Å². The number of nitrogens with zero attached hydrogens (tertiary/aromatic N) is 1. The SMILES string of the molecule is N#CC1(C(=O)c2ccc(Cl)s2)COC1. The number of hydrogen-bond donors (Lipinski definition) is 0. The molecule has 0 N–H and O–H groups in total. The Labute approximate surface area is 89.9 Å². The predicted molar refractivity (Wildman–Crippen MR) is 52.5 cm³/mol. The van der Waals surface area contributed by atoms with Crippen LogP contribution in [0.15, 0.2) is 12.1 Å². The number of rotatable bonds is 2. The van der Waals surface area contributed by atoms with Crippen molar-refractivity contribution in [3.05, 3.63) is 21.3 Å². The van der Waals surface area contributed by atoms with Gasteiger partial charge in [-0.15, -0.1) is 11.3 Å². The van der Waals surface area contributed by atoms with Gasteiger partial charge in [0.2, 0.25) is 0 Å². The first-order chi connectivity index (χ1) is 6.68. The van der Waals surface area contributed by atoms with Gasteiger partial charge in [0, 0.05) is 0 Å². The van der Waals surface area contributed by atoms with Gasteiger partial charge in [-0.25, -0.2) is 0 Å². The van der Waals surface area contributed by atoms with Gasteiger partial charge in [0.05, 0.1) is 28.5 Å². The smallest absolute Gasteiger partial charge is 0.197 e. The Morgan fingerprint density at radius 2 is 2.36 bits per heavy atom. The largest absolute Gasteiger partial charge is 0.377 e. The molecule has 72 valence electrons. The first-order valence-corrected chi connectivity index (χ1v) is 5.16. The van der Waals surface area contributed by atoms with Gasteiger partial charge in [0.1, 0.15) is 0 Å². The fourth-order valence-electron chi connectivity index (χ4n) is 1.22. The molecule has 0 saturated carbocycles. The molecule has 5 heteroatoms. The summed E-state index contributed by atoms with van der Waals surface area (Å²) in [6.07, 6.45) is 0. The van der Waals surface area contributed by atoms with Crippen LogP contribution in [0.4, 0.5) is 0 Å². The quantitative estimate of drug-likeness (QED) is 0.728. The lowest BCUT2D eigenvalue weighted by Crippen LogP contribution is -2.47. The monoisotopic (exact) mass is 227 g/mol. The molecule has 1 saturated heterocycles. The first-order valence-electron chi connectivity index (χ1n) is 3.97. The van der Waals surface area contributed by atoms with Crippen molar-refractivity contribution in [2.24, 2.45) is 5.41 Å². The molecule has 1 aromatic heterocycles. The molecule has 0 unspecified atom stereocenters. The molecule has 1 fully saturated rings. The number of Topliss-reactive ketones (excluding diaryl/α,β-unsaturated/α-hetero) is 1. The van der Waals surface area contributed by atoms with Crippen molar-refractivity contribution in [2.75, 3.05) is 13.2 Å². The van der Waals surface area contributed by atoms with Crippen molar-refractivity contribution >= 4 is 28.7 Å². The van der Waals surface area contributed by atoms with Crippen LogP contribution in [0.5, 0.6) is 0 Å². The summed E-state index contributed by atoms with van der Waals surface area (Å²) >= 11 is 6.91. The zero-order chi connectivity index (χ0) is 10.2. The van der Waals surface area contributed by atoms with E-state index in [1.165, 1.54) is 11.3 Å². The van der Waals surface area contributed by atoms with Crippen LogP contribution in [0.1, 0.15) is 9.67 Å². The Morgan fingerprint density at radius 3 is 2.71 bits per heavy atom. The molecule has 0 aliphatic carbocycles. The number of ether oxygens (including phenoxy) is 1. The van der Waals surface area contributed by atoms with Gasteiger partial charge in [-0.2, -0.15) is 5.26 Å². The summed E-state index contributed by atoms with van der Waals surface area (Å²) in [4.78, 5) is 12.4. The molecule has 14 heavy (non-hydrogen) atoms. The molecular formula is C9H6ClNO2S. The summed E-state index contributed by atoms with van der Waals surface area (Å²) in [7, 11) is 0. The normalized spacial score (nSPS) is 18.3. The maximum atomic E-state index is 11.8. The van der Waals surface area contributed by atoms with Gasteiger partial charge in [-0.05, 0) is 12.1 Å². The summed E-state index contributed by atoms with van der Waals surface area (Å²) in [6.45, 7) is 0.385. The zero-order valence-corrected chi connectivity index (χ0v) is 8.69. The van der Waals surface area contributed by atoms with Crippen LogP contribution in [-0.2, 0) is 4.74 Å². The van der Waals surface area contributed by atoms with Crippen molar-refractivity contribution < 1.29 is 9.53 Å². The number of carbonyl (C=O) groups is 1. The molecule has 0 atom stereocenters. The number of thiophene rings is 1. The molecule has 0 spiro atoms. The van der Waals surface area contributed by atoms with E-state index in [2.05, 4.69) is 0 Å². The van der Waals surface area contributed by atoms with Crippen LogP contribution >= 0.6 is 22.9 Å². The van der Waals surface area contributed by atoms with E-state index in [9.17, 15) is 4.79 Å². The van der Waals surface area contributed by atoms with Crippen molar-refractivity contribution in [1.29, 1.82) is 5.26 Å². The fraction of sp³-hybridized carbons (Fsp3) is 0.333. The first kappa shape index (κ1) is 9.66. The van der Waals surface area contributed by atoms with E-state index in [-0.39, 0.29) is 19.0 Å². The molecule has 2 rings (SSSR count). The number of carbonyl (C=O) groups excluding carboxylic acids is 1. The Bertz CT molecular complexity index is 417. The number of nitriles is 1. The highest BCUT2D eigenvalue weighted by Crippen LogP contribution is 2.34. The van der Waals surface area contributed by atoms with E-state index < -0.39 is 5.41 Å². The summed E-state index contributed by atoms with van der Waals surface area (Å²) in [5.41, 5.74) is -0.964. The maximum Gasteiger partial charge on any atom is 0.197 e. The van der Waals surface area contributed by atoms with Gasteiger partial charge in [0.15, 0.2) is 11.2 Å². The minimum atomic E-state index is -0.964. The molecule has 0 radical (unpaired) electrons. The Morgan fingerprint density at radius 1 is 1.64 bits per heavy atom. The molecule has 2 heterocycles. The Hall–Kier alpha value is -0.890. The third kappa shape index (κ3) is 1.34. The lowest BCUT2D eigenvalue weighted by molar-refractivity contribution is -0.0564. The van der Waals surface area contributed by atoms with Crippen LogP contribution in [0, 0.1) is 16.7 Å². The summed E-state index contributed by atoms with van der Waals surface area (Å²) in [6, 6.07) is 5.31. The van der Waals surface area contributed by atoms with Gasteiger partial charge in [-0.1, -0.05) is 11.6 Å². The topological polar surface area (TPSA) is 50.1 Å². The third-order valence-electron chi connectivity index (χ3n) is 2.14. The lowest BCUT2D eigenvalue weighted by Gasteiger charge is -2.32. The zero-order valence-electron chi connectivity index (χ0n) is 7.12. The highest BCUT2D eigenvalue weighted by atomic mass is 35.5. The van der Waals surface area contributed by atoms with Gasteiger partial charge in [0.25, 0.3) is 0 Å². The van der Waals surface area contributed by atoms with Crippen molar-refractivity contribution in [1.82, 2.24) is 0 Å². The summed E-state index contributed by atoms with van der Waals surface area (Å²) in [5, 5.41) is 8.90. The second kappa shape index (κ2) is 3.35. The molecule has 3 nitrogen and oxygen atoms in total. The van der Waals surface area contributed by atoms with Crippen molar-refractivity contribution in [2.45, 2.75) is 0 Å². The van der Waals surface area contributed by atoms with Crippen LogP contribution in [0.3, 0.4) is 0 Å². The van der Waals surface area contributed by atoms with Crippen LogP contribution in [0.2, 0.25) is 4.34 Å². The molecule has 1 aromatic rings. The molecule has 0 aromatic carbocycles. The average Bonchev–Trinajstić information content (AvgIpc) is 2.50. The van der Waals surface area contributed by atoms with Gasteiger partial charge < -0.3 is 4.74 Å². The maximum absolute atomic E-state index is 11.8. The number of hydrogen-bond acceptors (Lipinski definition) is 4. The summed E-state index contributed by atoms with van der Waals surface area (Å²) < 4.78 is 5.46. The van der Waals surface area contributed by atoms with Crippen LogP contribution in [-0.4, -0.2) is 19.0 Å². The third-order valence-corrected chi connectivity index (χ3v) is 3.37. The second-order valence-electron chi connectivity index (χ2n) is 3.12. The molecule has 1 aliphatic heterocycles. The Kier molecular flexibility index (Phi) is 2.31. The van der Waals surface area contributed by atoms with E-state index in [1.54, 1.807) is 12.1 Å². The second-order valence-corrected chi connectivity index (χ2v) is 4.83. The highest BCUT2D eigenvalue weighted by molar-refractivity contribution is 7.18. The minimum Gasteiger partial charge on any atom is -0.377 e. The van der Waals surface area contributed by atoms with E-state index >= 15 is 0 Å². The Balaban J connectivity index is 2.28. The molecule has 0 amide bonds. The average molecular weight is 228 g/mol. The molecule has 0 bridgehead atoms. The van der Waals surface area contributed by atoms with E-state index in [4.69, 9.17) is 21.6 Å². The number of halogens is 1. The van der Waals surface area contributed by atoms with Crippen molar-refractivity contribution in [3.8, 4) is 6.07 Å². The highest BCUT2D eigenvalue weighted by Gasteiger charge is 2.47. The summed E-state index contributed by atoms with van der Waals surface area (Å²) in [5.74, 6) is -0.178.